The number of anilines is 1. The van der Waals surface area contributed by atoms with Crippen LogP contribution in [0.2, 0.25) is 0 Å². The van der Waals surface area contributed by atoms with Crippen molar-refractivity contribution in [2.45, 2.75) is 50.6 Å². The standard InChI is InChI=1S/C29H34N4O6S/c1-4-22(2)30-29(35)23(3)31(20-19-24-11-7-5-8-12-24)28(34)21-32(25-15-17-26(18-16-25)33(36)37)40(38,39)27-13-9-6-10-14-27/h5-18,22-23H,4,19-21H2,1-3H3,(H,30,35)/t22-,23+/m1/s1. The van der Waals surface area contributed by atoms with Gasteiger partial charge in [-0.3, -0.25) is 24.0 Å². The van der Waals surface area contributed by atoms with Gasteiger partial charge in [-0.2, -0.15) is 0 Å². The summed E-state index contributed by atoms with van der Waals surface area (Å²) in [6, 6.07) is 21.1. The average molecular weight is 567 g/mol. The maximum absolute atomic E-state index is 13.8. The molecule has 3 aromatic rings. The Morgan fingerprint density at radius 2 is 1.50 bits per heavy atom. The normalized spacial score (nSPS) is 12.7. The average Bonchev–Trinajstić information content (AvgIpc) is 2.96. The van der Waals surface area contributed by atoms with E-state index < -0.39 is 33.4 Å². The summed E-state index contributed by atoms with van der Waals surface area (Å²) in [5.41, 5.74) is 0.827. The summed E-state index contributed by atoms with van der Waals surface area (Å²) in [5.74, 6) is -0.927. The lowest BCUT2D eigenvalue weighted by molar-refractivity contribution is -0.384. The van der Waals surface area contributed by atoms with Crippen molar-refractivity contribution < 1.29 is 22.9 Å². The molecule has 0 radical (unpaired) electrons. The highest BCUT2D eigenvalue weighted by Crippen LogP contribution is 2.26. The molecule has 0 unspecified atom stereocenters. The van der Waals surface area contributed by atoms with Gasteiger partial charge in [0.25, 0.3) is 15.7 Å². The summed E-state index contributed by atoms with van der Waals surface area (Å²) in [6.07, 6.45) is 1.16. The predicted molar refractivity (Wildman–Crippen MR) is 153 cm³/mol. The first-order valence-corrected chi connectivity index (χ1v) is 14.4. The maximum atomic E-state index is 13.8. The third-order valence-corrected chi connectivity index (χ3v) is 8.40. The Morgan fingerprint density at radius 3 is 2.05 bits per heavy atom. The number of sulfonamides is 1. The number of hydrogen-bond acceptors (Lipinski definition) is 6. The minimum absolute atomic E-state index is 0.0421. The molecule has 0 saturated carbocycles. The first-order valence-electron chi connectivity index (χ1n) is 13.0. The molecule has 11 heteroatoms. The Hall–Kier alpha value is -4.25. The van der Waals surface area contributed by atoms with Gasteiger partial charge in [0.2, 0.25) is 11.8 Å². The van der Waals surface area contributed by atoms with Crippen molar-refractivity contribution in [2.24, 2.45) is 0 Å². The van der Waals surface area contributed by atoms with Crippen LogP contribution in [0.5, 0.6) is 0 Å². The smallest absolute Gasteiger partial charge is 0.269 e. The molecule has 0 aliphatic heterocycles. The zero-order chi connectivity index (χ0) is 29.3. The van der Waals surface area contributed by atoms with Crippen LogP contribution in [0.1, 0.15) is 32.8 Å². The Kier molecular flexibility index (Phi) is 10.4. The summed E-state index contributed by atoms with van der Waals surface area (Å²) in [4.78, 5) is 38.8. The molecule has 3 aromatic carbocycles. The molecule has 1 N–H and O–H groups in total. The lowest BCUT2D eigenvalue weighted by Crippen LogP contribution is -2.53. The van der Waals surface area contributed by atoms with Crippen molar-refractivity contribution in [2.75, 3.05) is 17.4 Å². The molecule has 0 heterocycles. The van der Waals surface area contributed by atoms with Gasteiger partial charge in [0.15, 0.2) is 0 Å². The van der Waals surface area contributed by atoms with Gasteiger partial charge in [-0.1, -0.05) is 55.5 Å². The van der Waals surface area contributed by atoms with Crippen LogP contribution in [0.25, 0.3) is 0 Å². The van der Waals surface area contributed by atoms with E-state index in [0.29, 0.717) is 12.8 Å². The third-order valence-electron chi connectivity index (χ3n) is 6.61. The fourth-order valence-electron chi connectivity index (χ4n) is 4.02. The molecular formula is C29H34N4O6S. The second-order valence-corrected chi connectivity index (χ2v) is 11.3. The molecule has 3 rings (SSSR count). The number of nitrogens with one attached hydrogen (secondary N) is 1. The molecule has 0 aliphatic rings. The zero-order valence-corrected chi connectivity index (χ0v) is 23.6. The van der Waals surface area contributed by atoms with Crippen molar-refractivity contribution in [1.29, 1.82) is 0 Å². The largest absolute Gasteiger partial charge is 0.352 e. The molecule has 2 amide bonds. The summed E-state index contributed by atoms with van der Waals surface area (Å²) in [7, 11) is -4.24. The number of benzene rings is 3. The Labute approximate surface area is 234 Å². The molecule has 0 aliphatic carbocycles. The van der Waals surface area contributed by atoms with E-state index in [1.165, 1.54) is 41.3 Å². The molecule has 212 valence electrons. The van der Waals surface area contributed by atoms with Gasteiger partial charge in [0, 0.05) is 24.7 Å². The number of nitro benzene ring substituents is 1. The van der Waals surface area contributed by atoms with Crippen LogP contribution in [0.4, 0.5) is 11.4 Å². The number of rotatable bonds is 13. The van der Waals surface area contributed by atoms with Gasteiger partial charge in [0.1, 0.15) is 12.6 Å². The van der Waals surface area contributed by atoms with Gasteiger partial charge in [0.05, 0.1) is 15.5 Å². The summed E-state index contributed by atoms with van der Waals surface area (Å²) in [6.45, 7) is 4.98. The van der Waals surface area contributed by atoms with Gasteiger partial charge < -0.3 is 10.2 Å². The van der Waals surface area contributed by atoms with E-state index in [-0.39, 0.29) is 34.8 Å². The number of carbonyl (C=O) groups is 2. The second kappa shape index (κ2) is 13.7. The van der Waals surface area contributed by atoms with Crippen molar-refractivity contribution in [3.63, 3.8) is 0 Å². The summed E-state index contributed by atoms with van der Waals surface area (Å²) in [5, 5.41) is 14.1. The molecule has 0 saturated heterocycles. The van der Waals surface area contributed by atoms with Crippen LogP contribution in [-0.4, -0.2) is 55.2 Å². The van der Waals surface area contributed by atoms with E-state index in [2.05, 4.69) is 5.32 Å². The topological polar surface area (TPSA) is 130 Å². The van der Waals surface area contributed by atoms with E-state index >= 15 is 0 Å². The molecule has 40 heavy (non-hydrogen) atoms. The van der Waals surface area contributed by atoms with Crippen molar-refractivity contribution in [3.05, 3.63) is 101 Å². The molecular weight excluding hydrogens is 532 g/mol. The predicted octanol–water partition coefficient (Wildman–Crippen LogP) is 4.16. The van der Waals surface area contributed by atoms with Crippen LogP contribution in [0, 0.1) is 10.1 Å². The third kappa shape index (κ3) is 7.66. The van der Waals surface area contributed by atoms with E-state index in [1.54, 1.807) is 25.1 Å². The van der Waals surface area contributed by atoms with Crippen LogP contribution >= 0.6 is 0 Å². The lowest BCUT2D eigenvalue weighted by atomic mass is 10.1. The minimum Gasteiger partial charge on any atom is -0.352 e. The fraction of sp³-hybridized carbons (Fsp3) is 0.310. The van der Waals surface area contributed by atoms with E-state index in [0.717, 1.165) is 9.87 Å². The second-order valence-electron chi connectivity index (χ2n) is 9.41. The van der Waals surface area contributed by atoms with Crippen LogP contribution in [0.3, 0.4) is 0 Å². The number of amides is 2. The van der Waals surface area contributed by atoms with Crippen LogP contribution in [0.15, 0.2) is 89.8 Å². The van der Waals surface area contributed by atoms with Gasteiger partial charge in [-0.15, -0.1) is 0 Å². The molecule has 0 fully saturated rings. The van der Waals surface area contributed by atoms with Gasteiger partial charge in [-0.05, 0) is 56.5 Å². The number of nitro groups is 1. The van der Waals surface area contributed by atoms with Crippen molar-refractivity contribution >= 4 is 33.2 Å². The number of nitrogens with zero attached hydrogens (tertiary/aromatic N) is 3. The SMILES string of the molecule is CC[C@@H](C)NC(=O)[C@H](C)N(CCc1ccccc1)C(=O)CN(c1ccc([N+](=O)[O-])cc1)S(=O)(=O)c1ccccc1. The van der Waals surface area contributed by atoms with E-state index in [9.17, 15) is 28.1 Å². The number of hydrogen-bond donors (Lipinski definition) is 1. The first kappa shape index (κ1) is 30.3. The quantitative estimate of drug-likeness (QED) is 0.244. The van der Waals surface area contributed by atoms with Gasteiger partial charge in [-0.25, -0.2) is 8.42 Å². The number of carbonyl (C=O) groups excluding carboxylic acids is 2. The Balaban J connectivity index is 1.98. The van der Waals surface area contributed by atoms with Gasteiger partial charge >= 0.3 is 0 Å². The zero-order valence-electron chi connectivity index (χ0n) is 22.8. The summed E-state index contributed by atoms with van der Waals surface area (Å²) < 4.78 is 28.4. The molecule has 10 nitrogen and oxygen atoms in total. The van der Waals surface area contributed by atoms with Crippen molar-refractivity contribution in [3.8, 4) is 0 Å². The minimum atomic E-state index is -4.24. The highest BCUT2D eigenvalue weighted by atomic mass is 32.2. The molecule has 2 atom stereocenters. The van der Waals surface area contributed by atoms with E-state index in [4.69, 9.17) is 0 Å². The highest BCUT2D eigenvalue weighted by molar-refractivity contribution is 7.92. The Bertz CT molecular complexity index is 1400. The Morgan fingerprint density at radius 1 is 0.925 bits per heavy atom. The first-order chi connectivity index (χ1) is 19.0. The van der Waals surface area contributed by atoms with E-state index in [1.807, 2.05) is 44.2 Å². The lowest BCUT2D eigenvalue weighted by Gasteiger charge is -2.32. The molecule has 0 spiro atoms. The molecule has 0 aromatic heterocycles. The fourth-order valence-corrected chi connectivity index (χ4v) is 5.46. The monoisotopic (exact) mass is 566 g/mol. The van der Waals surface area contributed by atoms with Crippen LogP contribution in [-0.2, 0) is 26.0 Å². The highest BCUT2D eigenvalue weighted by Gasteiger charge is 2.32. The number of non-ortho nitro benzene ring substituents is 1. The summed E-state index contributed by atoms with van der Waals surface area (Å²) >= 11 is 0. The van der Waals surface area contributed by atoms with Crippen LogP contribution < -0.4 is 9.62 Å². The van der Waals surface area contributed by atoms with Crippen molar-refractivity contribution in [1.82, 2.24) is 10.2 Å². The molecule has 0 bridgehead atoms. The maximum Gasteiger partial charge on any atom is 0.269 e.